The molecule has 5 heteroatoms. The maximum Gasteiger partial charge on any atom is 0.230 e. The van der Waals surface area contributed by atoms with Gasteiger partial charge in [-0.05, 0) is 65.4 Å². The summed E-state index contributed by atoms with van der Waals surface area (Å²) in [7, 11) is 5.74. The summed E-state index contributed by atoms with van der Waals surface area (Å²) < 4.78 is 5.38. The van der Waals surface area contributed by atoms with Gasteiger partial charge in [0.15, 0.2) is 0 Å². The minimum Gasteiger partial charge on any atom is -0.495 e. The summed E-state index contributed by atoms with van der Waals surface area (Å²) in [5.74, 6) is 1.01. The molecule has 1 amide bonds. The molecule has 3 aromatic carbocycles. The van der Waals surface area contributed by atoms with Crippen molar-refractivity contribution in [1.82, 2.24) is 4.98 Å². The Labute approximate surface area is 232 Å². The lowest BCUT2D eigenvalue weighted by molar-refractivity contribution is -0.123. The molecule has 1 aliphatic carbocycles. The molecule has 0 N–H and O–H groups in total. The molecule has 0 spiro atoms. The Morgan fingerprint density at radius 2 is 1.49 bits per heavy atom. The van der Waals surface area contributed by atoms with Crippen molar-refractivity contribution in [1.29, 1.82) is 0 Å². The van der Waals surface area contributed by atoms with Crippen LogP contribution in [0.15, 0.2) is 91.3 Å². The van der Waals surface area contributed by atoms with Crippen LogP contribution in [0, 0.1) is 5.92 Å². The van der Waals surface area contributed by atoms with E-state index in [9.17, 15) is 4.79 Å². The van der Waals surface area contributed by atoms with Crippen molar-refractivity contribution in [3.05, 3.63) is 96.8 Å². The number of nitrogens with zero attached hydrogens (tertiary/aromatic N) is 3. The Kier molecular flexibility index (Phi) is 8.26. The number of hydrogen-bond acceptors (Lipinski definition) is 4. The van der Waals surface area contributed by atoms with E-state index in [0.717, 1.165) is 48.1 Å². The number of pyridine rings is 1. The Bertz CT molecular complexity index is 1390. The lowest BCUT2D eigenvalue weighted by atomic mass is 9.88. The summed E-state index contributed by atoms with van der Waals surface area (Å²) in [5, 5.41) is 0. The fourth-order valence-electron chi connectivity index (χ4n) is 5.35. The Hall–Kier alpha value is -4.12. The van der Waals surface area contributed by atoms with Gasteiger partial charge in [-0.2, -0.15) is 0 Å². The first kappa shape index (κ1) is 26.5. The highest BCUT2D eigenvalue weighted by Gasteiger charge is 2.27. The third-order valence-corrected chi connectivity index (χ3v) is 7.67. The van der Waals surface area contributed by atoms with Crippen molar-refractivity contribution in [3.63, 3.8) is 0 Å². The standard InChI is InChI=1S/C34H37N3O2/c1-36(2)31-18-16-27(17-19-31)26-14-12-25(13-15-26)24-37(34(38)28-8-5-4-6-9-28)32-11-7-10-29(20-32)30-21-33(39-3)23-35-22-30/h7,10-23,28H,4-6,8-9,24H2,1-3H3. The number of anilines is 2. The van der Waals surface area contributed by atoms with Crippen LogP contribution in [0.25, 0.3) is 22.3 Å². The highest BCUT2D eigenvalue weighted by atomic mass is 16.5. The molecule has 5 nitrogen and oxygen atoms in total. The number of benzene rings is 3. The van der Waals surface area contributed by atoms with E-state index in [1.165, 1.54) is 23.2 Å². The van der Waals surface area contributed by atoms with E-state index in [4.69, 9.17) is 4.74 Å². The van der Waals surface area contributed by atoms with Crippen molar-refractivity contribution in [2.75, 3.05) is 31.0 Å². The lowest BCUT2D eigenvalue weighted by Crippen LogP contribution is -2.36. The number of rotatable bonds is 8. The minimum absolute atomic E-state index is 0.0791. The fraction of sp³-hybridized carbons (Fsp3) is 0.294. The van der Waals surface area contributed by atoms with Crippen LogP contribution < -0.4 is 14.5 Å². The summed E-state index contributed by atoms with van der Waals surface area (Å²) >= 11 is 0. The quantitative estimate of drug-likeness (QED) is 0.240. The van der Waals surface area contributed by atoms with Crippen LogP contribution in [0.4, 0.5) is 11.4 Å². The van der Waals surface area contributed by atoms with E-state index in [-0.39, 0.29) is 11.8 Å². The second kappa shape index (κ2) is 12.2. The van der Waals surface area contributed by atoms with Crippen LogP contribution in [0.3, 0.4) is 0 Å². The normalized spacial score (nSPS) is 13.6. The molecule has 5 rings (SSSR count). The van der Waals surface area contributed by atoms with Gasteiger partial charge >= 0.3 is 0 Å². The van der Waals surface area contributed by atoms with Crippen LogP contribution in [0.1, 0.15) is 37.7 Å². The van der Waals surface area contributed by atoms with Gasteiger partial charge in [-0.25, -0.2) is 0 Å². The summed E-state index contributed by atoms with van der Waals surface area (Å²) in [6.07, 6.45) is 8.94. The highest BCUT2D eigenvalue weighted by molar-refractivity contribution is 5.95. The molecule has 0 aliphatic heterocycles. The lowest BCUT2D eigenvalue weighted by Gasteiger charge is -2.30. The fourth-order valence-corrected chi connectivity index (χ4v) is 5.35. The van der Waals surface area contributed by atoms with Crippen molar-refractivity contribution >= 4 is 17.3 Å². The molecule has 1 fully saturated rings. The first-order chi connectivity index (χ1) is 19.0. The monoisotopic (exact) mass is 519 g/mol. The van der Waals surface area contributed by atoms with E-state index < -0.39 is 0 Å². The van der Waals surface area contributed by atoms with Gasteiger partial charge in [0, 0.05) is 43.1 Å². The molecule has 0 unspecified atom stereocenters. The highest BCUT2D eigenvalue weighted by Crippen LogP contribution is 2.32. The van der Waals surface area contributed by atoms with Crippen molar-refractivity contribution < 1.29 is 9.53 Å². The van der Waals surface area contributed by atoms with Gasteiger partial charge in [0.2, 0.25) is 5.91 Å². The second-order valence-corrected chi connectivity index (χ2v) is 10.6. The topological polar surface area (TPSA) is 45.7 Å². The summed E-state index contributed by atoms with van der Waals surface area (Å²) in [6, 6.07) is 27.4. The number of carbonyl (C=O) groups is 1. The van der Waals surface area contributed by atoms with Crippen LogP contribution in [-0.4, -0.2) is 32.1 Å². The average Bonchev–Trinajstić information content (AvgIpc) is 3.00. The largest absolute Gasteiger partial charge is 0.495 e. The SMILES string of the molecule is COc1cncc(-c2cccc(N(Cc3ccc(-c4ccc(N(C)C)cc4)cc3)C(=O)C3CCCCC3)c2)c1. The predicted octanol–water partition coefficient (Wildman–Crippen LogP) is 7.60. The zero-order valence-electron chi connectivity index (χ0n) is 23.1. The molecular weight excluding hydrogens is 482 g/mol. The zero-order chi connectivity index (χ0) is 27.2. The van der Waals surface area contributed by atoms with Crippen molar-refractivity contribution in [2.45, 2.75) is 38.6 Å². The molecule has 0 saturated heterocycles. The number of amides is 1. The van der Waals surface area contributed by atoms with Gasteiger partial charge in [0.05, 0.1) is 19.9 Å². The Balaban J connectivity index is 1.43. The molecular formula is C34H37N3O2. The van der Waals surface area contributed by atoms with Gasteiger partial charge in [0.1, 0.15) is 5.75 Å². The van der Waals surface area contributed by atoms with Gasteiger partial charge in [-0.3, -0.25) is 9.78 Å². The van der Waals surface area contributed by atoms with E-state index in [2.05, 4.69) is 70.5 Å². The van der Waals surface area contributed by atoms with E-state index in [1.54, 1.807) is 13.3 Å². The summed E-state index contributed by atoms with van der Waals surface area (Å²) in [5.41, 5.74) is 7.53. The van der Waals surface area contributed by atoms with E-state index in [0.29, 0.717) is 12.3 Å². The third-order valence-electron chi connectivity index (χ3n) is 7.67. The smallest absolute Gasteiger partial charge is 0.230 e. The van der Waals surface area contributed by atoms with Crippen LogP contribution >= 0.6 is 0 Å². The molecule has 0 atom stereocenters. The minimum atomic E-state index is 0.0791. The van der Waals surface area contributed by atoms with E-state index >= 15 is 0 Å². The van der Waals surface area contributed by atoms with Gasteiger partial charge in [-0.15, -0.1) is 0 Å². The molecule has 1 saturated carbocycles. The molecule has 0 bridgehead atoms. The molecule has 39 heavy (non-hydrogen) atoms. The first-order valence-corrected chi connectivity index (χ1v) is 13.8. The molecule has 1 heterocycles. The zero-order valence-corrected chi connectivity index (χ0v) is 23.1. The third kappa shape index (κ3) is 6.31. The van der Waals surface area contributed by atoms with Crippen LogP contribution in [0.2, 0.25) is 0 Å². The van der Waals surface area contributed by atoms with Crippen molar-refractivity contribution in [2.24, 2.45) is 5.92 Å². The molecule has 4 aromatic rings. The maximum absolute atomic E-state index is 13.9. The van der Waals surface area contributed by atoms with Crippen LogP contribution in [-0.2, 0) is 11.3 Å². The first-order valence-electron chi connectivity index (χ1n) is 13.8. The Morgan fingerprint density at radius 1 is 0.795 bits per heavy atom. The molecule has 200 valence electrons. The number of hydrogen-bond donors (Lipinski definition) is 0. The number of carbonyl (C=O) groups excluding carboxylic acids is 1. The maximum atomic E-state index is 13.9. The molecule has 0 radical (unpaired) electrons. The van der Waals surface area contributed by atoms with Gasteiger partial charge in [-0.1, -0.05) is 67.8 Å². The van der Waals surface area contributed by atoms with Crippen molar-refractivity contribution in [3.8, 4) is 28.0 Å². The van der Waals surface area contributed by atoms with E-state index in [1.807, 2.05) is 43.4 Å². The van der Waals surface area contributed by atoms with Gasteiger partial charge < -0.3 is 14.5 Å². The average molecular weight is 520 g/mol. The predicted molar refractivity (Wildman–Crippen MR) is 160 cm³/mol. The van der Waals surface area contributed by atoms with Crippen LogP contribution in [0.5, 0.6) is 5.75 Å². The van der Waals surface area contributed by atoms with Gasteiger partial charge in [0.25, 0.3) is 0 Å². The second-order valence-electron chi connectivity index (χ2n) is 10.6. The summed E-state index contributed by atoms with van der Waals surface area (Å²) in [6.45, 7) is 0.537. The Morgan fingerprint density at radius 3 is 2.15 bits per heavy atom. The number of methoxy groups -OCH3 is 1. The molecule has 1 aromatic heterocycles. The molecule has 1 aliphatic rings. The summed E-state index contributed by atoms with van der Waals surface area (Å²) in [4.78, 5) is 22.3. The number of ether oxygens (including phenoxy) is 1. The number of aromatic nitrogens is 1.